The minimum Gasteiger partial charge on any atom is -0.477 e. The molecule has 0 amide bonds. The van der Waals surface area contributed by atoms with E-state index in [1.807, 2.05) is 37.3 Å². The molecule has 1 atom stereocenters. The lowest BCUT2D eigenvalue weighted by molar-refractivity contribution is 0.152. The maximum Gasteiger partial charge on any atom is 0.169 e. The van der Waals surface area contributed by atoms with Crippen LogP contribution in [-0.2, 0) is 0 Å². The Bertz CT molecular complexity index is 360. The minimum absolute atomic E-state index is 0.158. The monoisotopic (exact) mass is 191 g/mol. The van der Waals surface area contributed by atoms with Crippen LogP contribution in [0.2, 0.25) is 0 Å². The second-order valence-electron chi connectivity index (χ2n) is 3.08. The van der Waals surface area contributed by atoms with E-state index in [2.05, 4.69) is 0 Å². The highest BCUT2D eigenvalue weighted by Crippen LogP contribution is 2.34. The van der Waals surface area contributed by atoms with Gasteiger partial charge in [-0.15, -0.1) is 0 Å². The van der Waals surface area contributed by atoms with E-state index in [1.54, 1.807) is 0 Å². The molecule has 1 unspecified atom stereocenters. The van der Waals surface area contributed by atoms with E-state index >= 15 is 0 Å². The number of hydrogen-bond donors (Lipinski definition) is 1. The first-order chi connectivity index (χ1) is 6.85. The van der Waals surface area contributed by atoms with Crippen molar-refractivity contribution in [2.24, 2.45) is 5.73 Å². The lowest BCUT2D eigenvalue weighted by Gasteiger charge is -2.27. The van der Waals surface area contributed by atoms with Crippen molar-refractivity contribution in [1.29, 1.82) is 0 Å². The molecule has 1 aliphatic rings. The van der Waals surface area contributed by atoms with Crippen LogP contribution in [0.3, 0.4) is 0 Å². The Morgan fingerprint density at radius 3 is 2.71 bits per heavy atom. The third-order valence-electron chi connectivity index (χ3n) is 2.16. The summed E-state index contributed by atoms with van der Waals surface area (Å²) in [5.74, 6) is 2.30. The van der Waals surface area contributed by atoms with Gasteiger partial charge in [-0.1, -0.05) is 12.1 Å². The number of fused-ring (bicyclic) bond motifs is 1. The van der Waals surface area contributed by atoms with Crippen LogP contribution in [0.4, 0.5) is 0 Å². The van der Waals surface area contributed by atoms with Crippen molar-refractivity contribution < 1.29 is 9.47 Å². The predicted octanol–water partition coefficient (Wildman–Crippen LogP) is 1.69. The van der Waals surface area contributed by atoms with Crippen LogP contribution in [-0.4, -0.2) is 12.6 Å². The number of hydrogen-bond acceptors (Lipinski definition) is 3. The van der Waals surface area contributed by atoms with Gasteiger partial charge in [0.05, 0.1) is 0 Å². The van der Waals surface area contributed by atoms with Crippen molar-refractivity contribution >= 4 is 0 Å². The summed E-state index contributed by atoms with van der Waals surface area (Å²) in [6.07, 6.45) is 1.72. The maximum absolute atomic E-state index is 5.67. The SMILES string of the molecule is C/C=C1/Oc2ccccc2OC1CN. The van der Waals surface area contributed by atoms with Gasteiger partial charge < -0.3 is 15.2 Å². The molecule has 0 aliphatic carbocycles. The highest BCUT2D eigenvalue weighted by atomic mass is 16.6. The minimum atomic E-state index is -0.158. The van der Waals surface area contributed by atoms with Crippen LogP contribution in [0.15, 0.2) is 36.1 Å². The molecule has 74 valence electrons. The number of nitrogens with two attached hydrogens (primary N) is 1. The van der Waals surface area contributed by atoms with Gasteiger partial charge >= 0.3 is 0 Å². The van der Waals surface area contributed by atoms with E-state index in [0.29, 0.717) is 6.54 Å². The van der Waals surface area contributed by atoms with Gasteiger partial charge in [0.25, 0.3) is 0 Å². The second kappa shape index (κ2) is 3.72. The fourth-order valence-corrected chi connectivity index (χ4v) is 1.44. The van der Waals surface area contributed by atoms with Crippen LogP contribution in [0.1, 0.15) is 6.92 Å². The first-order valence-electron chi connectivity index (χ1n) is 4.65. The van der Waals surface area contributed by atoms with Gasteiger partial charge in [0, 0.05) is 6.54 Å². The third kappa shape index (κ3) is 1.46. The van der Waals surface area contributed by atoms with Gasteiger partial charge in [0.15, 0.2) is 17.6 Å². The Kier molecular flexibility index (Phi) is 2.41. The summed E-state index contributed by atoms with van der Waals surface area (Å²) >= 11 is 0. The van der Waals surface area contributed by atoms with Crippen LogP contribution >= 0.6 is 0 Å². The second-order valence-corrected chi connectivity index (χ2v) is 3.08. The topological polar surface area (TPSA) is 44.5 Å². The van der Waals surface area contributed by atoms with Crippen molar-refractivity contribution in [1.82, 2.24) is 0 Å². The molecule has 0 bridgehead atoms. The fourth-order valence-electron chi connectivity index (χ4n) is 1.44. The molecule has 1 heterocycles. The lowest BCUT2D eigenvalue weighted by atomic mass is 10.2. The van der Waals surface area contributed by atoms with Crippen LogP contribution < -0.4 is 15.2 Å². The van der Waals surface area contributed by atoms with Crippen LogP contribution in [0.25, 0.3) is 0 Å². The standard InChI is InChI=1S/C11H13NO2/c1-2-8-11(7-12)14-10-6-4-3-5-9(10)13-8/h2-6,11H,7,12H2,1H3/b8-2+. The van der Waals surface area contributed by atoms with E-state index in [9.17, 15) is 0 Å². The summed E-state index contributed by atoms with van der Waals surface area (Å²) in [4.78, 5) is 0. The zero-order chi connectivity index (χ0) is 9.97. The average Bonchev–Trinajstić information content (AvgIpc) is 2.27. The number of allylic oxidation sites excluding steroid dienone is 1. The molecule has 0 fully saturated rings. The Hall–Kier alpha value is -1.48. The van der Waals surface area contributed by atoms with Crippen molar-refractivity contribution in [2.75, 3.05) is 6.54 Å². The Balaban J connectivity index is 2.34. The van der Waals surface area contributed by atoms with Crippen LogP contribution in [0.5, 0.6) is 11.5 Å². The molecule has 0 aromatic heterocycles. The van der Waals surface area contributed by atoms with Gasteiger partial charge in [-0.25, -0.2) is 0 Å². The van der Waals surface area contributed by atoms with Crippen molar-refractivity contribution in [3.8, 4) is 11.5 Å². The molecule has 14 heavy (non-hydrogen) atoms. The van der Waals surface area contributed by atoms with E-state index in [1.165, 1.54) is 0 Å². The highest BCUT2D eigenvalue weighted by molar-refractivity contribution is 5.43. The molecule has 1 aliphatic heterocycles. The number of rotatable bonds is 1. The van der Waals surface area contributed by atoms with Crippen LogP contribution in [0, 0.1) is 0 Å². The van der Waals surface area contributed by atoms with Gasteiger partial charge in [-0.05, 0) is 25.1 Å². The highest BCUT2D eigenvalue weighted by Gasteiger charge is 2.23. The molecule has 0 saturated heterocycles. The van der Waals surface area contributed by atoms with Crippen molar-refractivity contribution in [3.05, 3.63) is 36.1 Å². The summed E-state index contributed by atoms with van der Waals surface area (Å²) < 4.78 is 11.3. The largest absolute Gasteiger partial charge is 0.477 e. The molecule has 1 aromatic rings. The fraction of sp³-hybridized carbons (Fsp3) is 0.273. The van der Waals surface area contributed by atoms with Gasteiger partial charge in [0.1, 0.15) is 5.76 Å². The number of para-hydroxylation sites is 2. The molecule has 3 nitrogen and oxygen atoms in total. The van der Waals surface area contributed by atoms with Gasteiger partial charge in [0.2, 0.25) is 0 Å². The quantitative estimate of drug-likeness (QED) is 0.734. The molecule has 0 saturated carbocycles. The summed E-state index contributed by atoms with van der Waals surface area (Å²) in [6.45, 7) is 2.34. The van der Waals surface area contributed by atoms with E-state index < -0.39 is 0 Å². The number of benzene rings is 1. The van der Waals surface area contributed by atoms with E-state index in [4.69, 9.17) is 15.2 Å². The first kappa shape index (κ1) is 9.09. The average molecular weight is 191 g/mol. The normalized spacial score (nSPS) is 22.4. The summed E-state index contributed by atoms with van der Waals surface area (Å²) in [5, 5.41) is 0. The lowest BCUT2D eigenvalue weighted by Crippen LogP contribution is -2.33. The summed E-state index contributed by atoms with van der Waals surface area (Å²) in [5.41, 5.74) is 5.58. The molecular weight excluding hydrogens is 178 g/mol. The first-order valence-corrected chi connectivity index (χ1v) is 4.65. The number of ether oxygens (including phenoxy) is 2. The molecule has 0 spiro atoms. The third-order valence-corrected chi connectivity index (χ3v) is 2.16. The van der Waals surface area contributed by atoms with Gasteiger partial charge in [-0.2, -0.15) is 0 Å². The zero-order valence-electron chi connectivity index (χ0n) is 8.07. The molecular formula is C11H13NO2. The smallest absolute Gasteiger partial charge is 0.169 e. The zero-order valence-corrected chi connectivity index (χ0v) is 8.07. The molecule has 2 rings (SSSR count). The van der Waals surface area contributed by atoms with E-state index in [-0.39, 0.29) is 6.10 Å². The Morgan fingerprint density at radius 1 is 1.36 bits per heavy atom. The van der Waals surface area contributed by atoms with E-state index in [0.717, 1.165) is 17.3 Å². The summed E-state index contributed by atoms with van der Waals surface area (Å²) in [6, 6.07) is 7.59. The van der Waals surface area contributed by atoms with Gasteiger partial charge in [-0.3, -0.25) is 0 Å². The molecule has 1 aromatic carbocycles. The van der Waals surface area contributed by atoms with Crippen molar-refractivity contribution in [2.45, 2.75) is 13.0 Å². The molecule has 3 heteroatoms. The summed E-state index contributed by atoms with van der Waals surface area (Å²) in [7, 11) is 0. The Labute approximate surface area is 83.1 Å². The predicted molar refractivity (Wildman–Crippen MR) is 54.3 cm³/mol. The Morgan fingerprint density at radius 2 is 2.07 bits per heavy atom. The molecule has 2 N–H and O–H groups in total. The maximum atomic E-state index is 5.67. The molecule has 0 radical (unpaired) electrons. The van der Waals surface area contributed by atoms with Crippen molar-refractivity contribution in [3.63, 3.8) is 0 Å².